The number of hydrogen-bond acceptors (Lipinski definition) is 2. The fourth-order valence-corrected chi connectivity index (χ4v) is 1.32. The first kappa shape index (κ1) is 12.9. The highest BCUT2D eigenvalue weighted by molar-refractivity contribution is 4.77. The van der Waals surface area contributed by atoms with Crippen LogP contribution >= 0.6 is 0 Å². The Morgan fingerprint density at radius 3 is 2.38 bits per heavy atom. The van der Waals surface area contributed by atoms with Crippen LogP contribution in [0.25, 0.3) is 0 Å². The summed E-state index contributed by atoms with van der Waals surface area (Å²) in [6.45, 7) is 10.2. The Labute approximate surface area is 82.8 Å². The minimum Gasteiger partial charge on any atom is -0.381 e. The molecule has 0 aliphatic carbocycles. The van der Waals surface area contributed by atoms with Crippen molar-refractivity contribution in [1.82, 2.24) is 0 Å². The second-order valence-electron chi connectivity index (χ2n) is 4.62. The molecule has 13 heavy (non-hydrogen) atoms. The Hall–Kier alpha value is -0.0800. The topological polar surface area (TPSA) is 35.2 Å². The standard InChI is InChI=1S/C11H25NO/c1-5-6-11(4,12)7-8-13-9-10(2)3/h10H,5-9,12H2,1-4H3. The highest BCUT2D eigenvalue weighted by Gasteiger charge is 2.16. The van der Waals surface area contributed by atoms with Crippen molar-refractivity contribution in [3.05, 3.63) is 0 Å². The van der Waals surface area contributed by atoms with E-state index in [0.717, 1.165) is 32.5 Å². The first-order valence-electron chi connectivity index (χ1n) is 5.34. The predicted molar refractivity (Wildman–Crippen MR) is 57.8 cm³/mol. The Balaban J connectivity index is 3.40. The lowest BCUT2D eigenvalue weighted by molar-refractivity contribution is 0.0940. The van der Waals surface area contributed by atoms with Crippen LogP contribution < -0.4 is 5.73 Å². The molecule has 0 saturated carbocycles. The summed E-state index contributed by atoms with van der Waals surface area (Å²) in [7, 11) is 0. The number of rotatable bonds is 7. The van der Waals surface area contributed by atoms with Crippen LogP contribution in [0.5, 0.6) is 0 Å². The van der Waals surface area contributed by atoms with Crippen LogP contribution in [0.4, 0.5) is 0 Å². The summed E-state index contributed by atoms with van der Waals surface area (Å²) in [5.74, 6) is 0.621. The van der Waals surface area contributed by atoms with E-state index in [9.17, 15) is 0 Å². The van der Waals surface area contributed by atoms with Crippen LogP contribution in [0, 0.1) is 5.92 Å². The molecular formula is C11H25NO. The highest BCUT2D eigenvalue weighted by atomic mass is 16.5. The molecule has 80 valence electrons. The molecule has 0 bridgehead atoms. The molecule has 0 aliphatic heterocycles. The zero-order valence-corrected chi connectivity index (χ0v) is 9.60. The van der Waals surface area contributed by atoms with Gasteiger partial charge in [0.2, 0.25) is 0 Å². The molecule has 2 nitrogen and oxygen atoms in total. The van der Waals surface area contributed by atoms with Gasteiger partial charge in [-0.1, -0.05) is 27.2 Å². The molecule has 0 saturated heterocycles. The van der Waals surface area contributed by atoms with Crippen LogP contribution in [-0.4, -0.2) is 18.8 Å². The maximum atomic E-state index is 6.06. The van der Waals surface area contributed by atoms with Gasteiger partial charge in [0.15, 0.2) is 0 Å². The quantitative estimate of drug-likeness (QED) is 0.622. The third-order valence-corrected chi connectivity index (χ3v) is 2.09. The normalized spacial score (nSPS) is 16.2. The molecule has 1 unspecified atom stereocenters. The Kier molecular flexibility index (Phi) is 6.35. The fourth-order valence-electron chi connectivity index (χ4n) is 1.32. The second kappa shape index (κ2) is 6.39. The maximum Gasteiger partial charge on any atom is 0.0489 e. The molecule has 0 fully saturated rings. The summed E-state index contributed by atoms with van der Waals surface area (Å²) in [6.07, 6.45) is 3.20. The van der Waals surface area contributed by atoms with E-state index in [1.165, 1.54) is 0 Å². The summed E-state index contributed by atoms with van der Waals surface area (Å²) in [6, 6.07) is 0. The van der Waals surface area contributed by atoms with Gasteiger partial charge < -0.3 is 10.5 Å². The minimum absolute atomic E-state index is 0.0360. The van der Waals surface area contributed by atoms with Crippen molar-refractivity contribution in [3.63, 3.8) is 0 Å². The Bertz CT molecular complexity index is 121. The molecule has 0 heterocycles. The SMILES string of the molecule is CCCC(C)(N)CCOCC(C)C. The third-order valence-electron chi connectivity index (χ3n) is 2.09. The lowest BCUT2D eigenvalue weighted by Gasteiger charge is -2.23. The van der Waals surface area contributed by atoms with E-state index in [1.54, 1.807) is 0 Å². The fraction of sp³-hybridized carbons (Fsp3) is 1.00. The maximum absolute atomic E-state index is 6.06. The second-order valence-corrected chi connectivity index (χ2v) is 4.62. The molecular weight excluding hydrogens is 162 g/mol. The van der Waals surface area contributed by atoms with Crippen LogP contribution in [-0.2, 0) is 4.74 Å². The summed E-state index contributed by atoms with van der Waals surface area (Å²) >= 11 is 0. The molecule has 0 aliphatic rings. The number of nitrogens with two attached hydrogens (primary N) is 1. The Morgan fingerprint density at radius 1 is 1.31 bits per heavy atom. The van der Waals surface area contributed by atoms with Gasteiger partial charge in [0.05, 0.1) is 0 Å². The van der Waals surface area contributed by atoms with Crippen molar-refractivity contribution < 1.29 is 4.74 Å². The van der Waals surface area contributed by atoms with E-state index in [-0.39, 0.29) is 5.54 Å². The molecule has 0 aromatic carbocycles. The van der Waals surface area contributed by atoms with Crippen molar-refractivity contribution in [3.8, 4) is 0 Å². The van der Waals surface area contributed by atoms with Crippen LogP contribution in [0.2, 0.25) is 0 Å². The monoisotopic (exact) mass is 187 g/mol. The van der Waals surface area contributed by atoms with E-state index in [0.29, 0.717) is 5.92 Å². The van der Waals surface area contributed by atoms with E-state index in [4.69, 9.17) is 10.5 Å². The van der Waals surface area contributed by atoms with Gasteiger partial charge in [0.1, 0.15) is 0 Å². The molecule has 1 atom stereocenters. The molecule has 0 aromatic heterocycles. The summed E-state index contributed by atoms with van der Waals surface area (Å²) in [4.78, 5) is 0. The van der Waals surface area contributed by atoms with Gasteiger partial charge in [-0.3, -0.25) is 0 Å². The van der Waals surface area contributed by atoms with Crippen LogP contribution in [0.1, 0.15) is 47.0 Å². The van der Waals surface area contributed by atoms with E-state index in [2.05, 4.69) is 27.7 Å². The van der Waals surface area contributed by atoms with Gasteiger partial charge in [-0.25, -0.2) is 0 Å². The third kappa shape index (κ3) is 8.26. The largest absolute Gasteiger partial charge is 0.381 e. The van der Waals surface area contributed by atoms with Gasteiger partial charge in [-0.15, -0.1) is 0 Å². The molecule has 0 rings (SSSR count). The number of hydrogen-bond donors (Lipinski definition) is 1. The molecule has 0 spiro atoms. The van der Waals surface area contributed by atoms with E-state index in [1.807, 2.05) is 0 Å². The van der Waals surface area contributed by atoms with E-state index < -0.39 is 0 Å². The van der Waals surface area contributed by atoms with Gasteiger partial charge in [-0.2, -0.15) is 0 Å². The van der Waals surface area contributed by atoms with Crippen molar-refractivity contribution in [1.29, 1.82) is 0 Å². The van der Waals surface area contributed by atoms with Crippen molar-refractivity contribution in [2.45, 2.75) is 52.5 Å². The molecule has 2 heteroatoms. The lowest BCUT2D eigenvalue weighted by atomic mass is 9.94. The zero-order chi connectivity index (χ0) is 10.3. The van der Waals surface area contributed by atoms with Crippen molar-refractivity contribution in [2.24, 2.45) is 11.7 Å². The smallest absolute Gasteiger partial charge is 0.0489 e. The predicted octanol–water partition coefficient (Wildman–Crippen LogP) is 2.57. The highest BCUT2D eigenvalue weighted by Crippen LogP contribution is 2.13. The lowest BCUT2D eigenvalue weighted by Crippen LogP contribution is -2.37. The van der Waals surface area contributed by atoms with E-state index >= 15 is 0 Å². The molecule has 0 radical (unpaired) electrons. The zero-order valence-electron chi connectivity index (χ0n) is 9.60. The number of ether oxygens (including phenoxy) is 1. The van der Waals surface area contributed by atoms with Gasteiger partial charge >= 0.3 is 0 Å². The molecule has 2 N–H and O–H groups in total. The van der Waals surface area contributed by atoms with Crippen LogP contribution in [0.3, 0.4) is 0 Å². The van der Waals surface area contributed by atoms with Gasteiger partial charge in [-0.05, 0) is 25.7 Å². The average molecular weight is 187 g/mol. The molecule has 0 aromatic rings. The van der Waals surface area contributed by atoms with Crippen LogP contribution in [0.15, 0.2) is 0 Å². The Morgan fingerprint density at radius 2 is 1.92 bits per heavy atom. The van der Waals surface area contributed by atoms with Crippen molar-refractivity contribution >= 4 is 0 Å². The van der Waals surface area contributed by atoms with Gasteiger partial charge in [0.25, 0.3) is 0 Å². The summed E-state index contributed by atoms with van der Waals surface area (Å²) in [5.41, 5.74) is 6.03. The summed E-state index contributed by atoms with van der Waals surface area (Å²) in [5, 5.41) is 0. The average Bonchev–Trinajstić information content (AvgIpc) is 1.98. The first-order valence-corrected chi connectivity index (χ1v) is 5.34. The molecule has 0 amide bonds. The minimum atomic E-state index is -0.0360. The first-order chi connectivity index (χ1) is 5.98. The summed E-state index contributed by atoms with van der Waals surface area (Å²) < 4.78 is 5.50. The van der Waals surface area contributed by atoms with Crippen molar-refractivity contribution in [2.75, 3.05) is 13.2 Å². The van der Waals surface area contributed by atoms with Gasteiger partial charge in [0, 0.05) is 18.8 Å².